The van der Waals surface area contributed by atoms with Crippen molar-refractivity contribution >= 4 is 17.7 Å². The number of benzene rings is 1. The number of rotatable bonds is 6. The van der Waals surface area contributed by atoms with Crippen LogP contribution in [0.25, 0.3) is 0 Å². The first-order valence-corrected chi connectivity index (χ1v) is 6.46. The molecule has 0 bridgehead atoms. The first kappa shape index (κ1) is 15.8. The summed E-state index contributed by atoms with van der Waals surface area (Å²) in [6.45, 7) is 3.19. The second kappa shape index (κ2) is 7.40. The Morgan fingerprint density at radius 3 is 2.47 bits per heavy atom. The van der Waals surface area contributed by atoms with E-state index in [0.717, 1.165) is 0 Å². The van der Waals surface area contributed by atoms with E-state index < -0.39 is 5.51 Å². The van der Waals surface area contributed by atoms with Crippen molar-refractivity contribution in [1.29, 1.82) is 0 Å². The molecule has 0 aliphatic rings. The average Bonchev–Trinajstić information content (AvgIpc) is 2.33. The minimum atomic E-state index is -4.32. The lowest BCUT2D eigenvalue weighted by atomic mass is 10.2. The predicted octanol–water partition coefficient (Wildman–Crippen LogP) is 3.06. The number of hydrogen-bond donors (Lipinski definition) is 1. The molecule has 0 unspecified atom stereocenters. The van der Waals surface area contributed by atoms with Crippen LogP contribution >= 0.6 is 11.8 Å². The minimum absolute atomic E-state index is 0.0540. The molecule has 0 saturated heterocycles. The van der Waals surface area contributed by atoms with Crippen molar-refractivity contribution in [3.8, 4) is 0 Å². The number of alkyl halides is 3. The SMILES string of the molecule is CCOCCNC(=O)c1ccc(SC(F)(F)F)cc1. The molecule has 0 heterocycles. The number of amides is 1. The Morgan fingerprint density at radius 1 is 1.32 bits per heavy atom. The molecule has 1 amide bonds. The van der Waals surface area contributed by atoms with Crippen LogP contribution < -0.4 is 5.32 Å². The highest BCUT2D eigenvalue weighted by Crippen LogP contribution is 2.36. The van der Waals surface area contributed by atoms with Gasteiger partial charge in [0, 0.05) is 23.6 Å². The third-order valence-electron chi connectivity index (χ3n) is 2.09. The zero-order chi connectivity index (χ0) is 14.3. The molecule has 106 valence electrons. The lowest BCUT2D eigenvalue weighted by Crippen LogP contribution is -2.27. The monoisotopic (exact) mass is 293 g/mol. The molecule has 19 heavy (non-hydrogen) atoms. The van der Waals surface area contributed by atoms with Gasteiger partial charge in [0.1, 0.15) is 0 Å². The fourth-order valence-corrected chi connectivity index (χ4v) is 1.83. The maximum Gasteiger partial charge on any atom is 0.446 e. The Balaban J connectivity index is 2.49. The molecule has 1 rings (SSSR count). The van der Waals surface area contributed by atoms with Crippen LogP contribution in [0.4, 0.5) is 13.2 Å². The second-order valence-corrected chi connectivity index (χ2v) is 4.66. The summed E-state index contributed by atoms with van der Waals surface area (Å²) >= 11 is -0.206. The Labute approximate surface area is 113 Å². The van der Waals surface area contributed by atoms with Crippen molar-refractivity contribution in [3.05, 3.63) is 29.8 Å². The van der Waals surface area contributed by atoms with Gasteiger partial charge < -0.3 is 10.1 Å². The normalized spacial score (nSPS) is 11.4. The molecule has 1 N–H and O–H groups in total. The van der Waals surface area contributed by atoms with Crippen LogP contribution in [-0.4, -0.2) is 31.2 Å². The molecule has 0 radical (unpaired) electrons. The van der Waals surface area contributed by atoms with E-state index in [1.165, 1.54) is 24.3 Å². The van der Waals surface area contributed by atoms with E-state index in [0.29, 0.717) is 25.3 Å². The van der Waals surface area contributed by atoms with Crippen LogP contribution in [-0.2, 0) is 4.74 Å². The van der Waals surface area contributed by atoms with E-state index in [1.54, 1.807) is 0 Å². The van der Waals surface area contributed by atoms with Gasteiger partial charge in [0.2, 0.25) is 0 Å². The molecule has 0 aliphatic heterocycles. The smallest absolute Gasteiger partial charge is 0.380 e. The van der Waals surface area contributed by atoms with Crippen LogP contribution in [0.15, 0.2) is 29.2 Å². The third-order valence-corrected chi connectivity index (χ3v) is 2.83. The molecule has 7 heteroatoms. The minimum Gasteiger partial charge on any atom is -0.380 e. The summed E-state index contributed by atoms with van der Waals surface area (Å²) in [7, 11) is 0. The molecular formula is C12H14F3NO2S. The van der Waals surface area contributed by atoms with Crippen molar-refractivity contribution in [2.45, 2.75) is 17.3 Å². The van der Waals surface area contributed by atoms with E-state index in [1.807, 2.05) is 6.92 Å². The second-order valence-electron chi connectivity index (χ2n) is 3.53. The first-order chi connectivity index (χ1) is 8.92. The zero-order valence-electron chi connectivity index (χ0n) is 10.3. The largest absolute Gasteiger partial charge is 0.446 e. The Hall–Kier alpha value is -1.21. The summed E-state index contributed by atoms with van der Waals surface area (Å²) in [6, 6.07) is 5.28. The summed E-state index contributed by atoms with van der Waals surface area (Å²) in [5, 5.41) is 2.61. The topological polar surface area (TPSA) is 38.3 Å². The highest BCUT2D eigenvalue weighted by atomic mass is 32.2. The van der Waals surface area contributed by atoms with Gasteiger partial charge in [0.05, 0.1) is 6.61 Å². The van der Waals surface area contributed by atoms with E-state index in [-0.39, 0.29) is 22.6 Å². The van der Waals surface area contributed by atoms with Gasteiger partial charge in [-0.2, -0.15) is 13.2 Å². The van der Waals surface area contributed by atoms with E-state index >= 15 is 0 Å². The number of halogens is 3. The van der Waals surface area contributed by atoms with Crippen molar-refractivity contribution in [3.63, 3.8) is 0 Å². The third kappa shape index (κ3) is 6.49. The Morgan fingerprint density at radius 2 is 1.95 bits per heavy atom. The fourth-order valence-electron chi connectivity index (χ4n) is 1.29. The van der Waals surface area contributed by atoms with Gasteiger partial charge in [-0.05, 0) is 43.0 Å². The lowest BCUT2D eigenvalue weighted by molar-refractivity contribution is -0.0328. The van der Waals surface area contributed by atoms with E-state index in [4.69, 9.17) is 4.74 Å². The first-order valence-electron chi connectivity index (χ1n) is 5.64. The van der Waals surface area contributed by atoms with Crippen molar-refractivity contribution in [2.24, 2.45) is 0 Å². The molecule has 1 aromatic rings. The van der Waals surface area contributed by atoms with Crippen LogP contribution in [0.1, 0.15) is 17.3 Å². The molecular weight excluding hydrogens is 279 g/mol. The molecule has 3 nitrogen and oxygen atoms in total. The standard InChI is InChI=1S/C12H14F3NO2S/c1-2-18-8-7-16-11(17)9-3-5-10(6-4-9)19-12(13,14)15/h3-6H,2,7-8H2,1H3,(H,16,17). The fraction of sp³-hybridized carbons (Fsp3) is 0.417. The van der Waals surface area contributed by atoms with Gasteiger partial charge in [-0.15, -0.1) is 0 Å². The zero-order valence-corrected chi connectivity index (χ0v) is 11.1. The lowest BCUT2D eigenvalue weighted by Gasteiger charge is -2.07. The van der Waals surface area contributed by atoms with Gasteiger partial charge in [0.15, 0.2) is 0 Å². The summed E-state index contributed by atoms with van der Waals surface area (Å²) in [5.74, 6) is -0.330. The van der Waals surface area contributed by atoms with Crippen LogP contribution in [0.5, 0.6) is 0 Å². The molecule has 0 spiro atoms. The highest BCUT2D eigenvalue weighted by molar-refractivity contribution is 8.00. The van der Waals surface area contributed by atoms with Crippen molar-refractivity contribution in [1.82, 2.24) is 5.32 Å². The highest BCUT2D eigenvalue weighted by Gasteiger charge is 2.29. The quantitative estimate of drug-likeness (QED) is 0.647. The maximum atomic E-state index is 12.1. The number of carbonyl (C=O) groups excluding carboxylic acids is 1. The van der Waals surface area contributed by atoms with Crippen LogP contribution in [0.2, 0.25) is 0 Å². The summed E-state index contributed by atoms with van der Waals surface area (Å²) in [5.41, 5.74) is -4.00. The predicted molar refractivity (Wildman–Crippen MR) is 67.2 cm³/mol. The molecule has 0 atom stereocenters. The summed E-state index contributed by atoms with van der Waals surface area (Å²) < 4.78 is 41.4. The van der Waals surface area contributed by atoms with Crippen molar-refractivity contribution < 1.29 is 22.7 Å². The Bertz CT molecular complexity index is 406. The average molecular weight is 293 g/mol. The summed E-state index contributed by atoms with van der Waals surface area (Å²) in [6.07, 6.45) is 0. The molecule has 0 fully saturated rings. The van der Waals surface area contributed by atoms with Crippen LogP contribution in [0, 0.1) is 0 Å². The number of ether oxygens (including phenoxy) is 1. The number of carbonyl (C=O) groups is 1. The number of nitrogens with one attached hydrogen (secondary N) is 1. The molecule has 1 aromatic carbocycles. The van der Waals surface area contributed by atoms with Gasteiger partial charge >= 0.3 is 5.51 Å². The molecule has 0 aliphatic carbocycles. The summed E-state index contributed by atoms with van der Waals surface area (Å²) in [4.78, 5) is 11.7. The van der Waals surface area contributed by atoms with Gasteiger partial charge in [0.25, 0.3) is 5.91 Å². The molecule has 0 aromatic heterocycles. The maximum absolute atomic E-state index is 12.1. The van der Waals surface area contributed by atoms with Gasteiger partial charge in [-0.1, -0.05) is 0 Å². The van der Waals surface area contributed by atoms with Gasteiger partial charge in [-0.25, -0.2) is 0 Å². The van der Waals surface area contributed by atoms with E-state index in [9.17, 15) is 18.0 Å². The van der Waals surface area contributed by atoms with Crippen molar-refractivity contribution in [2.75, 3.05) is 19.8 Å². The van der Waals surface area contributed by atoms with Gasteiger partial charge in [-0.3, -0.25) is 4.79 Å². The van der Waals surface area contributed by atoms with E-state index in [2.05, 4.69) is 5.32 Å². The van der Waals surface area contributed by atoms with Crippen LogP contribution in [0.3, 0.4) is 0 Å². The molecule has 0 saturated carbocycles. The number of hydrogen-bond acceptors (Lipinski definition) is 3. The number of thioether (sulfide) groups is 1. The Kier molecular flexibility index (Phi) is 6.17.